The Hall–Kier alpha value is -1.58. The zero-order valence-corrected chi connectivity index (χ0v) is 8.49. The van der Waals surface area contributed by atoms with Crippen LogP contribution in [-0.2, 0) is 12.8 Å². The lowest BCUT2D eigenvalue weighted by Gasteiger charge is -2.13. The van der Waals surface area contributed by atoms with E-state index in [1.165, 1.54) is 0 Å². The van der Waals surface area contributed by atoms with Crippen LogP contribution in [0.15, 0.2) is 12.2 Å². The van der Waals surface area contributed by atoms with E-state index >= 15 is 0 Å². The molecule has 1 N–H and O–H groups in total. The first-order valence-electron chi connectivity index (χ1n) is 5.36. The molecule has 0 fully saturated rings. The molecule has 3 rings (SSSR count). The number of hydrogen-bond donors (Lipinski definition) is 1. The summed E-state index contributed by atoms with van der Waals surface area (Å²) in [5.74, 6) is 0.0689. The number of amides is 1. The van der Waals surface area contributed by atoms with Gasteiger partial charge >= 0.3 is 0 Å². The third kappa shape index (κ3) is 1.28. The number of aromatic nitrogens is 2. The fourth-order valence-electron chi connectivity index (χ4n) is 2.29. The largest absolute Gasteiger partial charge is 0.330 e. The lowest BCUT2D eigenvalue weighted by Crippen LogP contribution is -2.29. The van der Waals surface area contributed by atoms with Crippen molar-refractivity contribution in [3.63, 3.8) is 0 Å². The van der Waals surface area contributed by atoms with Gasteiger partial charge in [-0.3, -0.25) is 9.89 Å². The minimum Gasteiger partial charge on any atom is -0.330 e. The topological polar surface area (TPSA) is 49.0 Å². The molecular formula is C11H13N3O. The summed E-state index contributed by atoms with van der Waals surface area (Å²) in [6.45, 7) is 1.45. The highest BCUT2D eigenvalue weighted by Crippen LogP contribution is 2.23. The normalized spacial score (nSPS) is 18.5. The van der Waals surface area contributed by atoms with E-state index in [-0.39, 0.29) is 5.91 Å². The molecule has 1 aliphatic heterocycles. The average molecular weight is 203 g/mol. The predicted octanol–water partition coefficient (Wildman–Crippen LogP) is 0.910. The van der Waals surface area contributed by atoms with E-state index in [4.69, 9.17) is 0 Å². The van der Waals surface area contributed by atoms with Crippen LogP contribution >= 0.6 is 0 Å². The van der Waals surface area contributed by atoms with Gasteiger partial charge in [0.15, 0.2) is 5.69 Å². The van der Waals surface area contributed by atoms with E-state index in [0.29, 0.717) is 5.69 Å². The second kappa shape index (κ2) is 3.22. The van der Waals surface area contributed by atoms with Crippen LogP contribution in [0.25, 0.3) is 0 Å². The van der Waals surface area contributed by atoms with Crippen molar-refractivity contribution in [1.29, 1.82) is 0 Å². The fourth-order valence-corrected chi connectivity index (χ4v) is 2.29. The maximum absolute atomic E-state index is 12.1. The van der Waals surface area contributed by atoms with Crippen molar-refractivity contribution in [2.75, 3.05) is 13.1 Å². The first-order chi connectivity index (χ1) is 7.36. The summed E-state index contributed by atoms with van der Waals surface area (Å²) in [7, 11) is 0. The van der Waals surface area contributed by atoms with Gasteiger partial charge < -0.3 is 4.90 Å². The Bertz CT molecular complexity index is 425. The van der Waals surface area contributed by atoms with Gasteiger partial charge in [0.1, 0.15) is 0 Å². The lowest BCUT2D eigenvalue weighted by molar-refractivity contribution is 0.0793. The summed E-state index contributed by atoms with van der Waals surface area (Å²) in [5.41, 5.74) is 2.95. The first-order valence-corrected chi connectivity index (χ1v) is 5.36. The fraction of sp³-hybridized carbons (Fsp3) is 0.455. The molecule has 0 saturated carbocycles. The summed E-state index contributed by atoms with van der Waals surface area (Å²) in [6.07, 6.45) is 7.21. The van der Waals surface area contributed by atoms with Gasteiger partial charge in [-0.1, -0.05) is 12.2 Å². The summed E-state index contributed by atoms with van der Waals surface area (Å²) in [5, 5.41) is 7.11. The molecular weight excluding hydrogens is 190 g/mol. The molecule has 15 heavy (non-hydrogen) atoms. The summed E-state index contributed by atoms with van der Waals surface area (Å²) in [4.78, 5) is 13.9. The molecule has 4 heteroatoms. The van der Waals surface area contributed by atoms with Crippen molar-refractivity contribution < 1.29 is 4.79 Å². The third-order valence-corrected chi connectivity index (χ3v) is 3.11. The maximum atomic E-state index is 12.1. The summed E-state index contributed by atoms with van der Waals surface area (Å²) in [6, 6.07) is 0. The Kier molecular flexibility index (Phi) is 1.87. The maximum Gasteiger partial charge on any atom is 0.275 e. The highest BCUT2D eigenvalue weighted by atomic mass is 16.2. The van der Waals surface area contributed by atoms with Crippen molar-refractivity contribution in [3.8, 4) is 0 Å². The molecule has 0 unspecified atom stereocenters. The van der Waals surface area contributed by atoms with Crippen LogP contribution in [0.5, 0.6) is 0 Å². The number of carbonyl (C=O) groups excluding carboxylic acids is 1. The predicted molar refractivity (Wildman–Crippen MR) is 55.7 cm³/mol. The molecule has 2 aliphatic rings. The molecule has 0 atom stereocenters. The number of fused-ring (bicyclic) bond motifs is 1. The first kappa shape index (κ1) is 8.71. The van der Waals surface area contributed by atoms with Crippen LogP contribution in [0, 0.1) is 0 Å². The molecule has 2 heterocycles. The van der Waals surface area contributed by atoms with E-state index in [2.05, 4.69) is 10.2 Å². The standard InChI is InChI=1S/C11H13N3O/c15-11(14-6-1-2-7-14)10-8-4-3-5-9(8)12-13-10/h1-2H,3-7H2,(H,12,13). The molecule has 0 radical (unpaired) electrons. The zero-order chi connectivity index (χ0) is 10.3. The molecule has 0 saturated heterocycles. The SMILES string of the molecule is O=C(c1n[nH]c2c1CCC2)N1CC=CC1. The molecule has 4 nitrogen and oxygen atoms in total. The summed E-state index contributed by atoms with van der Waals surface area (Å²) < 4.78 is 0. The Morgan fingerprint density at radius 3 is 2.93 bits per heavy atom. The molecule has 1 amide bonds. The van der Waals surface area contributed by atoms with E-state index < -0.39 is 0 Å². The van der Waals surface area contributed by atoms with Gasteiger partial charge in [-0.05, 0) is 19.3 Å². The Labute approximate surface area is 88.0 Å². The Morgan fingerprint density at radius 1 is 1.33 bits per heavy atom. The van der Waals surface area contributed by atoms with Gasteiger partial charge in [0, 0.05) is 24.3 Å². The second-order valence-corrected chi connectivity index (χ2v) is 4.06. The van der Waals surface area contributed by atoms with Gasteiger partial charge in [0.05, 0.1) is 0 Å². The number of rotatable bonds is 1. The van der Waals surface area contributed by atoms with Crippen molar-refractivity contribution in [2.45, 2.75) is 19.3 Å². The molecule has 0 bridgehead atoms. The number of nitrogens with one attached hydrogen (secondary N) is 1. The van der Waals surface area contributed by atoms with Crippen LogP contribution in [-0.4, -0.2) is 34.1 Å². The van der Waals surface area contributed by atoms with E-state index in [1.54, 1.807) is 0 Å². The quantitative estimate of drug-likeness (QED) is 0.690. The smallest absolute Gasteiger partial charge is 0.275 e. The third-order valence-electron chi connectivity index (χ3n) is 3.11. The lowest BCUT2D eigenvalue weighted by atomic mass is 10.2. The number of aromatic amines is 1. The van der Waals surface area contributed by atoms with Gasteiger partial charge in [0.2, 0.25) is 0 Å². The zero-order valence-electron chi connectivity index (χ0n) is 8.49. The van der Waals surface area contributed by atoms with Crippen LogP contribution in [0.1, 0.15) is 28.2 Å². The van der Waals surface area contributed by atoms with Crippen LogP contribution < -0.4 is 0 Å². The highest BCUT2D eigenvalue weighted by Gasteiger charge is 2.26. The molecule has 1 aromatic heterocycles. The molecule has 0 spiro atoms. The number of H-pyrrole nitrogens is 1. The minimum atomic E-state index is 0.0689. The van der Waals surface area contributed by atoms with Crippen molar-refractivity contribution in [3.05, 3.63) is 29.1 Å². The molecule has 78 valence electrons. The van der Waals surface area contributed by atoms with E-state index in [9.17, 15) is 4.79 Å². The second-order valence-electron chi connectivity index (χ2n) is 4.06. The number of carbonyl (C=O) groups is 1. The molecule has 1 aromatic rings. The number of aryl methyl sites for hydroxylation is 1. The molecule has 1 aliphatic carbocycles. The van der Waals surface area contributed by atoms with Crippen molar-refractivity contribution in [1.82, 2.24) is 15.1 Å². The summed E-state index contributed by atoms with van der Waals surface area (Å²) >= 11 is 0. The Balaban J connectivity index is 1.89. The van der Waals surface area contributed by atoms with Gasteiger partial charge in [-0.25, -0.2) is 0 Å². The number of nitrogens with zero attached hydrogens (tertiary/aromatic N) is 2. The van der Waals surface area contributed by atoms with Crippen LogP contribution in [0.3, 0.4) is 0 Å². The monoisotopic (exact) mass is 203 g/mol. The van der Waals surface area contributed by atoms with Gasteiger partial charge in [0.25, 0.3) is 5.91 Å². The van der Waals surface area contributed by atoms with Gasteiger partial charge in [-0.2, -0.15) is 5.10 Å². The average Bonchev–Trinajstić information content (AvgIpc) is 2.94. The Morgan fingerprint density at radius 2 is 2.13 bits per heavy atom. The number of hydrogen-bond acceptors (Lipinski definition) is 2. The van der Waals surface area contributed by atoms with Crippen LogP contribution in [0.4, 0.5) is 0 Å². The molecule has 0 aromatic carbocycles. The van der Waals surface area contributed by atoms with Crippen molar-refractivity contribution >= 4 is 5.91 Å². The van der Waals surface area contributed by atoms with Gasteiger partial charge in [-0.15, -0.1) is 0 Å². The van der Waals surface area contributed by atoms with Crippen LogP contribution in [0.2, 0.25) is 0 Å². The van der Waals surface area contributed by atoms with E-state index in [1.807, 2.05) is 17.1 Å². The van der Waals surface area contributed by atoms with E-state index in [0.717, 1.165) is 43.6 Å². The van der Waals surface area contributed by atoms with Crippen molar-refractivity contribution in [2.24, 2.45) is 0 Å². The highest BCUT2D eigenvalue weighted by molar-refractivity contribution is 5.94. The minimum absolute atomic E-state index is 0.0689.